The van der Waals surface area contributed by atoms with Crippen LogP contribution in [-0.4, -0.2) is 35.5 Å². The van der Waals surface area contributed by atoms with Gasteiger partial charge in [-0.1, -0.05) is 28.7 Å². The number of carbonyl (C=O) groups is 1. The van der Waals surface area contributed by atoms with Crippen LogP contribution in [0, 0.1) is 17.8 Å². The largest absolute Gasteiger partial charge is 0.369 e. The number of nitrogens with one attached hydrogen (secondary N) is 1. The highest BCUT2D eigenvalue weighted by Crippen LogP contribution is 2.31. The van der Waals surface area contributed by atoms with Crippen LogP contribution in [0.4, 0.5) is 4.79 Å². The second-order valence-electron chi connectivity index (χ2n) is 5.93. The number of oxime groups is 1. The van der Waals surface area contributed by atoms with E-state index in [9.17, 15) is 4.79 Å². The van der Waals surface area contributed by atoms with Crippen LogP contribution < -0.4 is 5.32 Å². The Hall–Kier alpha value is -2.19. The molecule has 1 aromatic carbocycles. The summed E-state index contributed by atoms with van der Waals surface area (Å²) in [6, 6.07) is 7.33. The van der Waals surface area contributed by atoms with Gasteiger partial charge in [-0.05, 0) is 44.4 Å². The summed E-state index contributed by atoms with van der Waals surface area (Å²) in [5, 5.41) is 7.59. The Bertz CT molecular complexity index is 705. The molecule has 0 saturated carbocycles. The van der Waals surface area contributed by atoms with Crippen LogP contribution in [0.25, 0.3) is 0 Å². The fraction of sp³-hybridized carbons (Fsp3) is 0.412. The Kier molecular flexibility index (Phi) is 4.44. The lowest BCUT2D eigenvalue weighted by Gasteiger charge is -2.23. The van der Waals surface area contributed by atoms with Crippen LogP contribution in [0.3, 0.4) is 0 Å². The zero-order valence-electron chi connectivity index (χ0n) is 13.0. The number of urea groups is 1. The zero-order valence-corrected chi connectivity index (χ0v) is 13.8. The summed E-state index contributed by atoms with van der Waals surface area (Å²) in [6.07, 6.45) is 0.455. The molecule has 6 heteroatoms. The number of likely N-dealkylation sites (tertiary alicyclic amines) is 1. The van der Waals surface area contributed by atoms with Crippen molar-refractivity contribution in [3.63, 3.8) is 0 Å². The number of nitrogens with zero attached hydrogens (tertiary/aromatic N) is 2. The number of benzene rings is 1. The molecule has 0 radical (unpaired) electrons. The van der Waals surface area contributed by atoms with Crippen molar-refractivity contribution in [1.29, 1.82) is 0 Å². The molecular formula is C17H18ClN3O2. The van der Waals surface area contributed by atoms with E-state index in [-0.39, 0.29) is 24.2 Å². The summed E-state index contributed by atoms with van der Waals surface area (Å²) in [7, 11) is 0. The van der Waals surface area contributed by atoms with Gasteiger partial charge >= 0.3 is 6.03 Å². The number of halogens is 1. The van der Waals surface area contributed by atoms with Gasteiger partial charge in [-0.15, -0.1) is 0 Å². The van der Waals surface area contributed by atoms with Crippen LogP contribution in [0.2, 0.25) is 5.02 Å². The van der Waals surface area contributed by atoms with Gasteiger partial charge in [0.25, 0.3) is 0 Å². The number of rotatable bonds is 1. The first-order valence-electron chi connectivity index (χ1n) is 7.63. The second kappa shape index (κ2) is 6.51. The number of hydrogen-bond donors (Lipinski definition) is 1. The van der Waals surface area contributed by atoms with Crippen LogP contribution in [-0.2, 0) is 4.84 Å². The van der Waals surface area contributed by atoms with Crippen molar-refractivity contribution in [3.05, 3.63) is 34.9 Å². The summed E-state index contributed by atoms with van der Waals surface area (Å²) in [4.78, 5) is 19.3. The molecule has 23 heavy (non-hydrogen) atoms. The third kappa shape index (κ3) is 3.43. The molecule has 1 N–H and O–H groups in total. The molecule has 0 aromatic heterocycles. The molecule has 2 amide bonds. The quantitative estimate of drug-likeness (QED) is 0.804. The van der Waals surface area contributed by atoms with Crippen molar-refractivity contribution < 1.29 is 9.63 Å². The smallest absolute Gasteiger partial charge is 0.320 e. The van der Waals surface area contributed by atoms with Crippen molar-refractivity contribution in [3.8, 4) is 11.8 Å². The molecule has 0 bridgehead atoms. The minimum Gasteiger partial charge on any atom is -0.369 e. The molecule has 2 heterocycles. The summed E-state index contributed by atoms with van der Waals surface area (Å²) in [5.74, 6) is 6.15. The average Bonchev–Trinajstić information content (AvgIpc) is 3.06. The minimum absolute atomic E-state index is 0.0413. The van der Waals surface area contributed by atoms with Gasteiger partial charge in [-0.3, -0.25) is 4.90 Å². The third-order valence-electron chi connectivity index (χ3n) is 3.78. The van der Waals surface area contributed by atoms with Crippen LogP contribution in [0.1, 0.15) is 25.8 Å². The zero-order chi connectivity index (χ0) is 16.4. The topological polar surface area (TPSA) is 53.9 Å². The van der Waals surface area contributed by atoms with E-state index >= 15 is 0 Å². The van der Waals surface area contributed by atoms with Gasteiger partial charge in [0.05, 0.1) is 5.92 Å². The van der Waals surface area contributed by atoms with Gasteiger partial charge in [0.1, 0.15) is 5.71 Å². The van der Waals surface area contributed by atoms with E-state index in [2.05, 4.69) is 22.3 Å². The molecule has 1 fully saturated rings. The highest BCUT2D eigenvalue weighted by molar-refractivity contribution is 6.30. The van der Waals surface area contributed by atoms with Gasteiger partial charge in [-0.25, -0.2) is 4.79 Å². The molecule has 2 atom stereocenters. The molecule has 2 aliphatic rings. The molecular weight excluding hydrogens is 314 g/mol. The minimum atomic E-state index is -0.350. The van der Waals surface area contributed by atoms with Crippen molar-refractivity contribution in [1.82, 2.24) is 10.2 Å². The standard InChI is InChI=1S/C17H18ClN3O2/c1-11(2)19-17(22)21-9-8-14-15(20-23-16(14)21)7-6-12-4-3-5-13(18)10-12/h3-5,10-11,14,16H,8-9H2,1-2H3,(H,19,22). The first-order chi connectivity index (χ1) is 11.0. The van der Waals surface area contributed by atoms with Crippen molar-refractivity contribution >= 4 is 23.3 Å². The van der Waals surface area contributed by atoms with E-state index in [4.69, 9.17) is 16.4 Å². The predicted molar refractivity (Wildman–Crippen MR) is 89.1 cm³/mol. The second-order valence-corrected chi connectivity index (χ2v) is 6.36. The van der Waals surface area contributed by atoms with E-state index < -0.39 is 0 Å². The van der Waals surface area contributed by atoms with E-state index in [1.165, 1.54) is 0 Å². The maximum absolute atomic E-state index is 12.2. The lowest BCUT2D eigenvalue weighted by molar-refractivity contribution is -0.00659. The number of carbonyl (C=O) groups excluding carboxylic acids is 1. The van der Waals surface area contributed by atoms with E-state index in [0.29, 0.717) is 17.3 Å². The predicted octanol–water partition coefficient (Wildman–Crippen LogP) is 2.84. The summed E-state index contributed by atoms with van der Waals surface area (Å²) < 4.78 is 0. The van der Waals surface area contributed by atoms with Crippen molar-refractivity contribution in [2.24, 2.45) is 11.1 Å². The van der Waals surface area contributed by atoms with Gasteiger partial charge in [-0.2, -0.15) is 0 Å². The van der Waals surface area contributed by atoms with E-state index in [0.717, 1.165) is 12.0 Å². The Labute approximate surface area is 140 Å². The molecule has 5 nitrogen and oxygen atoms in total. The van der Waals surface area contributed by atoms with E-state index in [1.54, 1.807) is 17.0 Å². The highest BCUT2D eigenvalue weighted by Gasteiger charge is 2.45. The fourth-order valence-electron chi connectivity index (χ4n) is 2.71. The summed E-state index contributed by atoms with van der Waals surface area (Å²) in [6.45, 7) is 4.50. The first-order valence-corrected chi connectivity index (χ1v) is 8.01. The Morgan fingerprint density at radius 2 is 2.30 bits per heavy atom. The Morgan fingerprint density at radius 3 is 3.04 bits per heavy atom. The van der Waals surface area contributed by atoms with Crippen molar-refractivity contribution in [2.45, 2.75) is 32.5 Å². The van der Waals surface area contributed by atoms with Gasteiger partial charge in [0.2, 0.25) is 6.23 Å². The molecule has 1 saturated heterocycles. The lowest BCUT2D eigenvalue weighted by Crippen LogP contribution is -2.46. The number of hydrogen-bond acceptors (Lipinski definition) is 3. The number of amides is 2. The van der Waals surface area contributed by atoms with E-state index in [1.807, 2.05) is 26.0 Å². The molecule has 3 rings (SSSR count). The van der Waals surface area contributed by atoms with Crippen LogP contribution in [0.5, 0.6) is 0 Å². The average molecular weight is 332 g/mol. The first kappa shape index (κ1) is 15.7. The third-order valence-corrected chi connectivity index (χ3v) is 4.01. The summed E-state index contributed by atoms with van der Waals surface area (Å²) >= 11 is 5.95. The molecule has 2 aliphatic heterocycles. The normalized spacial score (nSPS) is 22.1. The molecule has 0 spiro atoms. The maximum Gasteiger partial charge on any atom is 0.320 e. The van der Waals surface area contributed by atoms with Crippen LogP contribution >= 0.6 is 11.6 Å². The van der Waals surface area contributed by atoms with Gasteiger partial charge in [0, 0.05) is 23.2 Å². The van der Waals surface area contributed by atoms with Crippen LogP contribution in [0.15, 0.2) is 29.4 Å². The van der Waals surface area contributed by atoms with Gasteiger partial charge in [0.15, 0.2) is 0 Å². The highest BCUT2D eigenvalue weighted by atomic mass is 35.5. The molecule has 120 valence electrons. The lowest BCUT2D eigenvalue weighted by atomic mass is 10.0. The molecule has 1 aromatic rings. The molecule has 0 aliphatic carbocycles. The SMILES string of the molecule is CC(C)NC(=O)N1CCC2C(C#Cc3cccc(Cl)c3)=NOC21. The monoisotopic (exact) mass is 331 g/mol. The van der Waals surface area contributed by atoms with Crippen molar-refractivity contribution in [2.75, 3.05) is 6.54 Å². The summed E-state index contributed by atoms with van der Waals surface area (Å²) in [5.41, 5.74) is 1.52. The van der Waals surface area contributed by atoms with Gasteiger partial charge < -0.3 is 10.2 Å². The fourth-order valence-corrected chi connectivity index (χ4v) is 2.90. The Morgan fingerprint density at radius 1 is 1.48 bits per heavy atom. The molecule has 2 unspecified atom stereocenters. The Balaban J connectivity index is 1.69. The maximum atomic E-state index is 12.2. The number of fused-ring (bicyclic) bond motifs is 1.